The lowest BCUT2D eigenvalue weighted by Gasteiger charge is -2.36. The maximum absolute atomic E-state index is 12.2. The Morgan fingerprint density at radius 2 is 1.96 bits per heavy atom. The van der Waals surface area contributed by atoms with Crippen molar-refractivity contribution in [1.82, 2.24) is 5.32 Å². The largest absolute Gasteiger partial charge is 0.457 e. The molecule has 24 heavy (non-hydrogen) atoms. The minimum absolute atomic E-state index is 0.236. The van der Waals surface area contributed by atoms with Crippen molar-refractivity contribution in [3.05, 3.63) is 59.7 Å². The normalized spacial score (nSPS) is 15.0. The lowest BCUT2D eigenvalue weighted by atomic mass is 9.80. The molecule has 0 radical (unpaired) electrons. The van der Waals surface area contributed by atoms with E-state index in [-0.39, 0.29) is 12.5 Å². The van der Waals surface area contributed by atoms with E-state index in [0.717, 1.165) is 19.3 Å². The minimum Gasteiger partial charge on any atom is -0.457 e. The SMILES string of the molecule is N#Cc1ccc(Oc2cccc(C(=O)NCC3(O)CCC3)c2)cc1. The second-order valence-corrected chi connectivity index (χ2v) is 6.03. The molecule has 0 bridgehead atoms. The van der Waals surface area contributed by atoms with Gasteiger partial charge in [0.05, 0.1) is 17.2 Å². The summed E-state index contributed by atoms with van der Waals surface area (Å²) < 4.78 is 5.71. The van der Waals surface area contributed by atoms with E-state index in [0.29, 0.717) is 22.6 Å². The number of hydrogen-bond donors (Lipinski definition) is 2. The maximum atomic E-state index is 12.2. The third-order valence-corrected chi connectivity index (χ3v) is 4.18. The summed E-state index contributed by atoms with van der Waals surface area (Å²) in [4.78, 5) is 12.2. The van der Waals surface area contributed by atoms with E-state index >= 15 is 0 Å². The van der Waals surface area contributed by atoms with E-state index in [1.165, 1.54) is 0 Å². The zero-order valence-electron chi connectivity index (χ0n) is 13.2. The summed E-state index contributed by atoms with van der Waals surface area (Å²) in [5.74, 6) is 0.894. The van der Waals surface area contributed by atoms with Crippen molar-refractivity contribution >= 4 is 5.91 Å². The summed E-state index contributed by atoms with van der Waals surface area (Å²) in [5.41, 5.74) is 0.292. The molecule has 2 N–H and O–H groups in total. The van der Waals surface area contributed by atoms with Crippen LogP contribution in [-0.4, -0.2) is 23.2 Å². The van der Waals surface area contributed by atoms with Crippen LogP contribution in [0.15, 0.2) is 48.5 Å². The average molecular weight is 322 g/mol. The van der Waals surface area contributed by atoms with Crippen molar-refractivity contribution in [3.8, 4) is 17.6 Å². The van der Waals surface area contributed by atoms with E-state index in [9.17, 15) is 9.90 Å². The van der Waals surface area contributed by atoms with Gasteiger partial charge in [0.15, 0.2) is 0 Å². The molecule has 5 nitrogen and oxygen atoms in total. The highest BCUT2D eigenvalue weighted by Crippen LogP contribution is 2.30. The Balaban J connectivity index is 1.64. The van der Waals surface area contributed by atoms with E-state index in [2.05, 4.69) is 5.32 Å². The number of amides is 1. The minimum atomic E-state index is -0.744. The number of carbonyl (C=O) groups is 1. The first kappa shape index (κ1) is 16.0. The molecule has 5 heteroatoms. The Morgan fingerprint density at radius 1 is 1.21 bits per heavy atom. The zero-order chi connectivity index (χ0) is 17.0. The highest BCUT2D eigenvalue weighted by molar-refractivity contribution is 5.94. The Hall–Kier alpha value is -2.84. The number of aliphatic hydroxyl groups is 1. The molecule has 122 valence electrons. The van der Waals surface area contributed by atoms with Gasteiger partial charge in [0.25, 0.3) is 5.91 Å². The third-order valence-electron chi connectivity index (χ3n) is 4.18. The molecule has 2 aromatic carbocycles. The van der Waals surface area contributed by atoms with Crippen LogP contribution in [0.2, 0.25) is 0 Å². The molecule has 1 saturated carbocycles. The van der Waals surface area contributed by atoms with Gasteiger partial charge < -0.3 is 15.2 Å². The van der Waals surface area contributed by atoms with Gasteiger partial charge in [0, 0.05) is 12.1 Å². The number of hydrogen-bond acceptors (Lipinski definition) is 4. The second kappa shape index (κ2) is 6.73. The quantitative estimate of drug-likeness (QED) is 0.886. The van der Waals surface area contributed by atoms with Gasteiger partial charge in [-0.15, -0.1) is 0 Å². The number of nitrogens with zero attached hydrogens (tertiary/aromatic N) is 1. The molecule has 0 aromatic heterocycles. The van der Waals surface area contributed by atoms with Crippen molar-refractivity contribution in [3.63, 3.8) is 0 Å². The zero-order valence-corrected chi connectivity index (χ0v) is 13.2. The number of nitriles is 1. The highest BCUT2D eigenvalue weighted by Gasteiger charge is 2.34. The molecule has 0 spiro atoms. The molecule has 3 rings (SSSR count). The monoisotopic (exact) mass is 322 g/mol. The van der Waals surface area contributed by atoms with Crippen LogP contribution in [0.1, 0.15) is 35.2 Å². The van der Waals surface area contributed by atoms with Crippen LogP contribution in [0.25, 0.3) is 0 Å². The van der Waals surface area contributed by atoms with Gasteiger partial charge >= 0.3 is 0 Å². The van der Waals surface area contributed by atoms with Crippen LogP contribution < -0.4 is 10.1 Å². The van der Waals surface area contributed by atoms with Gasteiger partial charge in [-0.25, -0.2) is 0 Å². The molecule has 0 heterocycles. The summed E-state index contributed by atoms with van der Waals surface area (Å²) in [6.45, 7) is 0.270. The van der Waals surface area contributed by atoms with Gasteiger partial charge in [0.2, 0.25) is 0 Å². The van der Waals surface area contributed by atoms with E-state index in [1.807, 2.05) is 6.07 Å². The second-order valence-electron chi connectivity index (χ2n) is 6.03. The van der Waals surface area contributed by atoms with Gasteiger partial charge in [-0.1, -0.05) is 6.07 Å². The Labute approximate surface area is 140 Å². The Bertz CT molecular complexity index is 774. The van der Waals surface area contributed by atoms with Crippen LogP contribution in [0, 0.1) is 11.3 Å². The predicted molar refractivity (Wildman–Crippen MR) is 88.8 cm³/mol. The molecule has 0 aliphatic heterocycles. The van der Waals surface area contributed by atoms with Crippen LogP contribution in [0.4, 0.5) is 0 Å². The first-order valence-electron chi connectivity index (χ1n) is 7.87. The molecule has 0 unspecified atom stereocenters. The topological polar surface area (TPSA) is 82.3 Å². The lowest BCUT2D eigenvalue weighted by molar-refractivity contribution is -0.0300. The van der Waals surface area contributed by atoms with Crippen LogP contribution in [0.3, 0.4) is 0 Å². The average Bonchev–Trinajstić information content (AvgIpc) is 2.59. The van der Waals surface area contributed by atoms with Crippen molar-refractivity contribution in [2.45, 2.75) is 24.9 Å². The van der Waals surface area contributed by atoms with Crippen molar-refractivity contribution in [1.29, 1.82) is 5.26 Å². The van der Waals surface area contributed by atoms with Gasteiger partial charge in [0.1, 0.15) is 11.5 Å². The standard InChI is InChI=1S/C19H18N2O3/c20-12-14-5-7-16(8-6-14)24-17-4-1-3-15(11-17)18(22)21-13-19(23)9-2-10-19/h1,3-8,11,23H,2,9-10,13H2,(H,21,22). The molecule has 1 fully saturated rings. The van der Waals surface area contributed by atoms with Crippen LogP contribution >= 0.6 is 0 Å². The number of nitrogens with one attached hydrogen (secondary N) is 1. The predicted octanol–water partition coefficient (Wildman–Crippen LogP) is 3.00. The third kappa shape index (κ3) is 3.73. The molecule has 1 amide bonds. The van der Waals surface area contributed by atoms with Crippen LogP contribution in [-0.2, 0) is 0 Å². The smallest absolute Gasteiger partial charge is 0.251 e. The summed E-state index contributed by atoms with van der Waals surface area (Å²) >= 11 is 0. The maximum Gasteiger partial charge on any atom is 0.251 e. The summed E-state index contributed by atoms with van der Waals surface area (Å²) in [6.07, 6.45) is 2.46. The van der Waals surface area contributed by atoms with E-state index in [4.69, 9.17) is 10.00 Å². The lowest BCUT2D eigenvalue weighted by Crippen LogP contribution is -2.47. The molecular weight excluding hydrogens is 304 g/mol. The van der Waals surface area contributed by atoms with Gasteiger partial charge in [-0.3, -0.25) is 4.79 Å². The fourth-order valence-electron chi connectivity index (χ4n) is 2.54. The summed E-state index contributed by atoms with van der Waals surface area (Å²) in [5, 5.41) is 21.6. The van der Waals surface area contributed by atoms with Crippen molar-refractivity contribution < 1.29 is 14.6 Å². The fourth-order valence-corrected chi connectivity index (χ4v) is 2.54. The number of ether oxygens (including phenoxy) is 1. The van der Waals surface area contributed by atoms with Gasteiger partial charge in [-0.2, -0.15) is 5.26 Å². The molecule has 2 aromatic rings. The number of benzene rings is 2. The van der Waals surface area contributed by atoms with Gasteiger partial charge in [-0.05, 0) is 61.7 Å². The number of carbonyl (C=O) groups excluding carboxylic acids is 1. The first-order valence-corrected chi connectivity index (χ1v) is 7.87. The van der Waals surface area contributed by atoms with Crippen molar-refractivity contribution in [2.24, 2.45) is 0 Å². The summed E-state index contributed by atoms with van der Waals surface area (Å²) in [7, 11) is 0. The first-order chi connectivity index (χ1) is 11.6. The van der Waals surface area contributed by atoms with E-state index < -0.39 is 5.60 Å². The Morgan fingerprint density at radius 3 is 2.58 bits per heavy atom. The Kier molecular flexibility index (Phi) is 4.50. The number of rotatable bonds is 5. The molecule has 0 atom stereocenters. The fraction of sp³-hybridized carbons (Fsp3) is 0.263. The molecule has 0 saturated heterocycles. The summed E-state index contributed by atoms with van der Waals surface area (Å²) in [6, 6.07) is 15.7. The molecule has 1 aliphatic carbocycles. The molecular formula is C19H18N2O3. The van der Waals surface area contributed by atoms with Crippen LogP contribution in [0.5, 0.6) is 11.5 Å². The van der Waals surface area contributed by atoms with Crippen molar-refractivity contribution in [2.75, 3.05) is 6.54 Å². The van der Waals surface area contributed by atoms with E-state index in [1.54, 1.807) is 48.5 Å². The molecule has 1 aliphatic rings. The highest BCUT2D eigenvalue weighted by atomic mass is 16.5.